The summed E-state index contributed by atoms with van der Waals surface area (Å²) in [6.07, 6.45) is 0. The van der Waals surface area contributed by atoms with Gasteiger partial charge in [-0.25, -0.2) is 12.7 Å². The second-order valence-electron chi connectivity index (χ2n) is 7.98. The minimum atomic E-state index is -3.52. The van der Waals surface area contributed by atoms with E-state index in [9.17, 15) is 18.0 Å². The van der Waals surface area contributed by atoms with Crippen molar-refractivity contribution in [2.45, 2.75) is 37.8 Å². The Morgan fingerprint density at radius 2 is 1.53 bits per heavy atom. The molecular formula is C23H31N3O5S. The summed E-state index contributed by atoms with van der Waals surface area (Å²) in [4.78, 5) is 25.9. The number of ether oxygens (including phenoxy) is 1. The fourth-order valence-corrected chi connectivity index (χ4v) is 4.01. The summed E-state index contributed by atoms with van der Waals surface area (Å²) < 4.78 is 30.8. The highest BCUT2D eigenvalue weighted by Gasteiger charge is 2.27. The molecule has 0 saturated carbocycles. The molecule has 2 aromatic carbocycles. The summed E-state index contributed by atoms with van der Waals surface area (Å²) in [5, 5.41) is 5.69. The van der Waals surface area contributed by atoms with Gasteiger partial charge in [0.15, 0.2) is 0 Å². The lowest BCUT2D eigenvalue weighted by Gasteiger charge is -2.24. The van der Waals surface area contributed by atoms with Gasteiger partial charge in [-0.15, -0.1) is 0 Å². The number of rotatable bonds is 9. The Labute approximate surface area is 190 Å². The van der Waals surface area contributed by atoms with Crippen LogP contribution >= 0.6 is 0 Å². The third-order valence-corrected chi connectivity index (χ3v) is 6.93. The number of carbonyl (C=O) groups is 2. The summed E-state index contributed by atoms with van der Waals surface area (Å²) in [5.41, 5.74) is 1.09. The molecule has 2 atom stereocenters. The van der Waals surface area contributed by atoms with Crippen molar-refractivity contribution < 1.29 is 22.7 Å². The molecule has 174 valence electrons. The molecule has 2 rings (SSSR count). The molecule has 0 aromatic heterocycles. The van der Waals surface area contributed by atoms with Gasteiger partial charge in [0, 0.05) is 14.1 Å². The van der Waals surface area contributed by atoms with Gasteiger partial charge >= 0.3 is 0 Å². The molecule has 2 unspecified atom stereocenters. The highest BCUT2D eigenvalue weighted by Crippen LogP contribution is 2.20. The van der Waals surface area contributed by atoms with Crippen LogP contribution in [0.1, 0.15) is 42.7 Å². The number of methoxy groups -OCH3 is 1. The summed E-state index contributed by atoms with van der Waals surface area (Å²) in [5.74, 6) is -0.467. The lowest BCUT2D eigenvalue weighted by Crippen LogP contribution is -2.50. The average Bonchev–Trinajstić information content (AvgIpc) is 2.76. The molecule has 0 aliphatic heterocycles. The first kappa shape index (κ1) is 25.4. The predicted octanol–water partition coefficient (Wildman–Crippen LogP) is 2.58. The van der Waals surface area contributed by atoms with Crippen molar-refractivity contribution in [2.24, 2.45) is 5.92 Å². The van der Waals surface area contributed by atoms with Crippen LogP contribution in [0.5, 0.6) is 5.75 Å². The second kappa shape index (κ2) is 10.6. The molecule has 0 spiro atoms. The number of benzene rings is 2. The highest BCUT2D eigenvalue weighted by atomic mass is 32.2. The standard InChI is InChI=1S/C23H31N3O5S/c1-15(2)21(25-22(27)19-9-7-8-10-20(19)31-6)23(28)24-16(3)17-11-13-18(14-12-17)32(29,30)26(4)5/h7-16,21H,1-6H3,(H,24,28)(H,25,27). The van der Waals surface area contributed by atoms with Gasteiger partial charge in [-0.05, 0) is 42.7 Å². The zero-order valence-electron chi connectivity index (χ0n) is 19.2. The molecule has 0 radical (unpaired) electrons. The minimum Gasteiger partial charge on any atom is -0.496 e. The second-order valence-corrected chi connectivity index (χ2v) is 10.1. The molecule has 0 saturated heterocycles. The maximum Gasteiger partial charge on any atom is 0.255 e. The Hall–Kier alpha value is -2.91. The van der Waals surface area contributed by atoms with Crippen molar-refractivity contribution >= 4 is 21.8 Å². The van der Waals surface area contributed by atoms with E-state index >= 15 is 0 Å². The number of para-hydroxylation sites is 1. The predicted molar refractivity (Wildman–Crippen MR) is 123 cm³/mol. The molecule has 2 amide bonds. The summed E-state index contributed by atoms with van der Waals surface area (Å²) in [7, 11) is 0.897. The van der Waals surface area contributed by atoms with Gasteiger partial charge in [0.25, 0.3) is 5.91 Å². The van der Waals surface area contributed by atoms with Gasteiger partial charge in [0.2, 0.25) is 15.9 Å². The molecule has 9 heteroatoms. The van der Waals surface area contributed by atoms with E-state index in [0.717, 1.165) is 9.87 Å². The van der Waals surface area contributed by atoms with Crippen LogP contribution in [-0.2, 0) is 14.8 Å². The van der Waals surface area contributed by atoms with Crippen molar-refractivity contribution in [1.82, 2.24) is 14.9 Å². The van der Waals surface area contributed by atoms with E-state index in [1.165, 1.54) is 33.3 Å². The van der Waals surface area contributed by atoms with Crippen LogP contribution in [0.25, 0.3) is 0 Å². The van der Waals surface area contributed by atoms with Crippen LogP contribution in [0.15, 0.2) is 53.4 Å². The van der Waals surface area contributed by atoms with E-state index < -0.39 is 22.0 Å². The van der Waals surface area contributed by atoms with Crippen molar-refractivity contribution in [1.29, 1.82) is 0 Å². The molecule has 0 aliphatic rings. The Bertz CT molecular complexity index is 1050. The van der Waals surface area contributed by atoms with E-state index in [0.29, 0.717) is 11.3 Å². The van der Waals surface area contributed by atoms with Gasteiger partial charge in [-0.2, -0.15) is 0 Å². The maximum absolute atomic E-state index is 12.9. The van der Waals surface area contributed by atoms with E-state index in [-0.39, 0.29) is 22.8 Å². The SMILES string of the molecule is COc1ccccc1C(=O)NC(C(=O)NC(C)c1ccc(S(=O)(=O)N(C)C)cc1)C(C)C. The number of carbonyl (C=O) groups excluding carboxylic acids is 2. The lowest BCUT2D eigenvalue weighted by atomic mass is 10.0. The molecular weight excluding hydrogens is 430 g/mol. The van der Waals surface area contributed by atoms with Gasteiger partial charge in [0.1, 0.15) is 11.8 Å². The molecule has 32 heavy (non-hydrogen) atoms. The topological polar surface area (TPSA) is 105 Å². The first-order valence-corrected chi connectivity index (χ1v) is 11.7. The zero-order valence-corrected chi connectivity index (χ0v) is 20.1. The van der Waals surface area contributed by atoms with E-state index in [4.69, 9.17) is 4.74 Å². The minimum absolute atomic E-state index is 0.159. The number of hydrogen-bond donors (Lipinski definition) is 2. The van der Waals surface area contributed by atoms with Crippen LogP contribution < -0.4 is 15.4 Å². The van der Waals surface area contributed by atoms with Gasteiger partial charge in [0.05, 0.1) is 23.6 Å². The Morgan fingerprint density at radius 3 is 2.06 bits per heavy atom. The van der Waals surface area contributed by atoms with E-state index in [2.05, 4.69) is 10.6 Å². The molecule has 2 aromatic rings. The summed E-state index contributed by atoms with van der Waals surface area (Å²) in [6, 6.07) is 12.0. The number of nitrogens with one attached hydrogen (secondary N) is 2. The molecule has 0 heterocycles. The van der Waals surface area contributed by atoms with Crippen LogP contribution in [-0.4, -0.2) is 51.8 Å². The average molecular weight is 462 g/mol. The van der Waals surface area contributed by atoms with Crippen molar-refractivity contribution in [3.8, 4) is 5.75 Å². The molecule has 2 N–H and O–H groups in total. The van der Waals surface area contributed by atoms with Gasteiger partial charge in [-0.3, -0.25) is 9.59 Å². The normalized spacial score (nSPS) is 13.5. The first-order valence-electron chi connectivity index (χ1n) is 10.3. The Morgan fingerprint density at radius 1 is 0.938 bits per heavy atom. The molecule has 0 fully saturated rings. The first-order chi connectivity index (χ1) is 15.0. The zero-order chi connectivity index (χ0) is 24.1. The fourth-order valence-electron chi connectivity index (χ4n) is 3.11. The van der Waals surface area contributed by atoms with Crippen LogP contribution in [0.4, 0.5) is 0 Å². The fraction of sp³-hybridized carbons (Fsp3) is 0.391. The summed E-state index contributed by atoms with van der Waals surface area (Å²) in [6.45, 7) is 5.49. The highest BCUT2D eigenvalue weighted by molar-refractivity contribution is 7.89. The third kappa shape index (κ3) is 5.86. The number of amides is 2. The molecule has 8 nitrogen and oxygen atoms in total. The molecule has 0 aliphatic carbocycles. The van der Waals surface area contributed by atoms with Crippen molar-refractivity contribution in [3.63, 3.8) is 0 Å². The third-order valence-electron chi connectivity index (χ3n) is 5.10. The van der Waals surface area contributed by atoms with Crippen molar-refractivity contribution in [3.05, 3.63) is 59.7 Å². The van der Waals surface area contributed by atoms with Crippen LogP contribution in [0, 0.1) is 5.92 Å². The molecule has 0 bridgehead atoms. The van der Waals surface area contributed by atoms with Crippen LogP contribution in [0.3, 0.4) is 0 Å². The monoisotopic (exact) mass is 461 g/mol. The smallest absolute Gasteiger partial charge is 0.255 e. The maximum atomic E-state index is 12.9. The quantitative estimate of drug-likeness (QED) is 0.597. The van der Waals surface area contributed by atoms with E-state index in [1.807, 2.05) is 13.8 Å². The lowest BCUT2D eigenvalue weighted by molar-refractivity contribution is -0.124. The van der Waals surface area contributed by atoms with Crippen molar-refractivity contribution in [2.75, 3.05) is 21.2 Å². The van der Waals surface area contributed by atoms with Gasteiger partial charge < -0.3 is 15.4 Å². The number of sulfonamides is 1. The largest absolute Gasteiger partial charge is 0.496 e. The summed E-state index contributed by atoms with van der Waals surface area (Å²) >= 11 is 0. The Kier molecular flexibility index (Phi) is 8.40. The van der Waals surface area contributed by atoms with Crippen LogP contribution in [0.2, 0.25) is 0 Å². The number of hydrogen-bond acceptors (Lipinski definition) is 5. The Balaban J connectivity index is 2.13. The van der Waals surface area contributed by atoms with E-state index in [1.54, 1.807) is 43.3 Å². The van der Waals surface area contributed by atoms with Gasteiger partial charge in [-0.1, -0.05) is 38.1 Å². The number of nitrogens with zero attached hydrogens (tertiary/aromatic N) is 1.